The summed E-state index contributed by atoms with van der Waals surface area (Å²) in [4.78, 5) is 5.47. The van der Waals surface area contributed by atoms with Gasteiger partial charge in [0.25, 0.3) is 0 Å². The second-order valence-electron chi connectivity index (χ2n) is 4.95. The maximum Gasteiger partial charge on any atom is 0.243 e. The zero-order valence-corrected chi connectivity index (χ0v) is 12.7. The summed E-state index contributed by atoms with van der Waals surface area (Å²) >= 11 is 1.60. The van der Waals surface area contributed by atoms with Crippen molar-refractivity contribution >= 4 is 11.3 Å². The molecule has 0 fully saturated rings. The lowest BCUT2D eigenvalue weighted by atomic mass is 10.2. The molecule has 0 amide bonds. The Morgan fingerprint density at radius 2 is 2.29 bits per heavy atom. The topological polar surface area (TPSA) is 68.8 Å². The minimum absolute atomic E-state index is 0.00299. The first kappa shape index (κ1) is 14.0. The van der Waals surface area contributed by atoms with Gasteiger partial charge in [-0.1, -0.05) is 11.2 Å². The lowest BCUT2D eigenvalue weighted by molar-refractivity contribution is 0.316. The van der Waals surface area contributed by atoms with Crippen molar-refractivity contribution in [1.82, 2.24) is 25.2 Å². The smallest absolute Gasteiger partial charge is 0.243 e. The van der Waals surface area contributed by atoms with Gasteiger partial charge < -0.3 is 9.84 Å². The zero-order valence-electron chi connectivity index (χ0n) is 11.9. The lowest BCUT2D eigenvalue weighted by Gasteiger charge is -2.17. The molecule has 21 heavy (non-hydrogen) atoms. The molecule has 0 saturated heterocycles. The molecular formula is C14H17N5OS. The molecule has 0 unspecified atom stereocenters. The molecule has 0 aromatic carbocycles. The molecule has 3 aromatic heterocycles. The molecule has 0 spiro atoms. The maximum absolute atomic E-state index is 5.35. The standard InChI is InChI=1S/C14H17N5OS/c1-10(9-19-7-4-6-15-19)16-11(2)14-17-13(18-20-14)12-5-3-8-21-12/h3-8,10-11,16H,9H2,1-2H3/t10-,11+/m1/s1. The van der Waals surface area contributed by atoms with E-state index in [-0.39, 0.29) is 12.1 Å². The zero-order chi connectivity index (χ0) is 14.7. The Bertz CT molecular complexity index is 661. The van der Waals surface area contributed by atoms with Gasteiger partial charge in [-0.15, -0.1) is 11.3 Å². The highest BCUT2D eigenvalue weighted by Gasteiger charge is 2.17. The minimum atomic E-state index is -0.00299. The van der Waals surface area contributed by atoms with Crippen LogP contribution < -0.4 is 5.32 Å². The van der Waals surface area contributed by atoms with Gasteiger partial charge in [0.1, 0.15) is 0 Å². The summed E-state index contributed by atoms with van der Waals surface area (Å²) in [5.74, 6) is 1.25. The van der Waals surface area contributed by atoms with E-state index in [0.29, 0.717) is 11.7 Å². The first-order valence-corrected chi connectivity index (χ1v) is 7.71. The van der Waals surface area contributed by atoms with Gasteiger partial charge >= 0.3 is 0 Å². The molecule has 110 valence electrons. The van der Waals surface area contributed by atoms with E-state index in [1.54, 1.807) is 17.5 Å². The molecule has 1 N–H and O–H groups in total. The average molecular weight is 303 g/mol. The van der Waals surface area contributed by atoms with Crippen LogP contribution in [0.1, 0.15) is 25.8 Å². The van der Waals surface area contributed by atoms with E-state index in [4.69, 9.17) is 4.52 Å². The van der Waals surface area contributed by atoms with Crippen LogP contribution in [-0.2, 0) is 6.54 Å². The fourth-order valence-electron chi connectivity index (χ4n) is 2.16. The van der Waals surface area contributed by atoms with Gasteiger partial charge in [0, 0.05) is 18.4 Å². The van der Waals surface area contributed by atoms with Gasteiger partial charge in [0.15, 0.2) is 0 Å². The Balaban J connectivity index is 1.61. The fraction of sp³-hybridized carbons (Fsp3) is 0.357. The number of nitrogens with zero attached hydrogens (tertiary/aromatic N) is 4. The number of nitrogens with one attached hydrogen (secondary N) is 1. The Morgan fingerprint density at radius 3 is 3.00 bits per heavy atom. The molecule has 2 atom stereocenters. The second-order valence-corrected chi connectivity index (χ2v) is 5.90. The molecule has 3 aromatic rings. The van der Waals surface area contributed by atoms with Crippen molar-refractivity contribution < 1.29 is 4.52 Å². The van der Waals surface area contributed by atoms with Gasteiger partial charge in [-0.25, -0.2) is 0 Å². The summed E-state index contributed by atoms with van der Waals surface area (Å²) in [5, 5.41) is 13.7. The van der Waals surface area contributed by atoms with Gasteiger partial charge in [-0.2, -0.15) is 10.1 Å². The largest absolute Gasteiger partial charge is 0.337 e. The Morgan fingerprint density at radius 1 is 1.38 bits per heavy atom. The van der Waals surface area contributed by atoms with E-state index in [0.717, 1.165) is 11.4 Å². The molecule has 0 aliphatic rings. The number of hydrogen-bond acceptors (Lipinski definition) is 6. The Kier molecular flexibility index (Phi) is 4.12. The third-order valence-electron chi connectivity index (χ3n) is 3.11. The monoisotopic (exact) mass is 303 g/mol. The highest BCUT2D eigenvalue weighted by atomic mass is 32.1. The molecule has 3 heterocycles. The van der Waals surface area contributed by atoms with Crippen LogP contribution in [0.2, 0.25) is 0 Å². The first-order chi connectivity index (χ1) is 10.2. The van der Waals surface area contributed by atoms with Crippen LogP contribution in [0, 0.1) is 0 Å². The molecule has 0 bridgehead atoms. The summed E-state index contributed by atoms with van der Waals surface area (Å²) in [7, 11) is 0. The van der Waals surface area contributed by atoms with Crippen LogP contribution in [0.15, 0.2) is 40.5 Å². The lowest BCUT2D eigenvalue weighted by Crippen LogP contribution is -2.33. The van der Waals surface area contributed by atoms with E-state index in [9.17, 15) is 0 Å². The third kappa shape index (κ3) is 3.37. The van der Waals surface area contributed by atoms with Gasteiger partial charge in [-0.3, -0.25) is 4.68 Å². The molecular weight excluding hydrogens is 286 g/mol. The predicted molar refractivity (Wildman–Crippen MR) is 80.9 cm³/mol. The summed E-state index contributed by atoms with van der Waals surface area (Å²) < 4.78 is 7.25. The molecule has 0 aliphatic heterocycles. The number of hydrogen-bond donors (Lipinski definition) is 1. The number of rotatable bonds is 6. The van der Waals surface area contributed by atoms with Crippen molar-refractivity contribution in [2.24, 2.45) is 0 Å². The molecule has 0 aliphatic carbocycles. The highest BCUT2D eigenvalue weighted by Crippen LogP contribution is 2.23. The summed E-state index contributed by atoms with van der Waals surface area (Å²) in [6, 6.07) is 6.12. The average Bonchev–Trinajstić information content (AvgIpc) is 3.20. The van der Waals surface area contributed by atoms with Crippen molar-refractivity contribution in [3.63, 3.8) is 0 Å². The molecule has 6 nitrogen and oxygen atoms in total. The minimum Gasteiger partial charge on any atom is -0.337 e. The van der Waals surface area contributed by atoms with Crippen LogP contribution in [0.4, 0.5) is 0 Å². The van der Waals surface area contributed by atoms with Gasteiger partial charge in [0.05, 0.1) is 17.5 Å². The van der Waals surface area contributed by atoms with Gasteiger partial charge in [0.2, 0.25) is 11.7 Å². The van der Waals surface area contributed by atoms with Crippen LogP contribution in [0.3, 0.4) is 0 Å². The van der Waals surface area contributed by atoms with Crippen molar-refractivity contribution in [3.05, 3.63) is 41.9 Å². The number of aromatic nitrogens is 4. The first-order valence-electron chi connectivity index (χ1n) is 6.83. The van der Waals surface area contributed by atoms with Crippen LogP contribution >= 0.6 is 11.3 Å². The van der Waals surface area contributed by atoms with Crippen LogP contribution in [0.25, 0.3) is 10.7 Å². The second kappa shape index (κ2) is 6.19. The quantitative estimate of drug-likeness (QED) is 0.758. The normalized spacial score (nSPS) is 14.2. The van der Waals surface area contributed by atoms with Gasteiger partial charge in [-0.05, 0) is 31.4 Å². The summed E-state index contributed by atoms with van der Waals surface area (Å²) in [6.07, 6.45) is 3.73. The SMILES string of the molecule is C[C@H](Cn1cccn1)N[C@@H](C)c1nc(-c2cccs2)no1. The van der Waals surface area contributed by atoms with E-state index >= 15 is 0 Å². The maximum atomic E-state index is 5.35. The molecule has 0 radical (unpaired) electrons. The van der Waals surface area contributed by atoms with Crippen molar-refractivity contribution in [2.75, 3.05) is 0 Å². The van der Waals surface area contributed by atoms with E-state index < -0.39 is 0 Å². The van der Waals surface area contributed by atoms with Crippen LogP contribution in [0.5, 0.6) is 0 Å². The van der Waals surface area contributed by atoms with Crippen molar-refractivity contribution in [2.45, 2.75) is 32.5 Å². The summed E-state index contributed by atoms with van der Waals surface area (Å²) in [6.45, 7) is 4.92. The third-order valence-corrected chi connectivity index (χ3v) is 3.97. The van der Waals surface area contributed by atoms with Crippen molar-refractivity contribution in [3.8, 4) is 10.7 Å². The molecule has 7 heteroatoms. The van der Waals surface area contributed by atoms with E-state index in [1.165, 1.54) is 0 Å². The van der Waals surface area contributed by atoms with E-state index in [2.05, 4.69) is 27.5 Å². The Labute approximate surface area is 126 Å². The summed E-state index contributed by atoms with van der Waals surface area (Å²) in [5.41, 5.74) is 0. The predicted octanol–water partition coefficient (Wildman–Crippen LogP) is 2.73. The van der Waals surface area contributed by atoms with E-state index in [1.807, 2.05) is 41.4 Å². The van der Waals surface area contributed by atoms with Crippen molar-refractivity contribution in [1.29, 1.82) is 0 Å². The highest BCUT2D eigenvalue weighted by molar-refractivity contribution is 7.13. The van der Waals surface area contributed by atoms with Crippen LogP contribution in [-0.4, -0.2) is 26.0 Å². The number of thiophene rings is 1. The molecule has 3 rings (SSSR count). The Hall–Kier alpha value is -1.99. The molecule has 0 saturated carbocycles. The fourth-order valence-corrected chi connectivity index (χ4v) is 2.81.